The van der Waals surface area contributed by atoms with E-state index in [0.29, 0.717) is 29.7 Å². The van der Waals surface area contributed by atoms with E-state index in [1.54, 1.807) is 27.7 Å². The Morgan fingerprint density at radius 3 is 2.72 bits per heavy atom. The summed E-state index contributed by atoms with van der Waals surface area (Å²) in [6.07, 6.45) is 15.7. The van der Waals surface area contributed by atoms with Crippen LogP contribution in [-0.2, 0) is 17.9 Å². The number of allylic oxidation sites excluding steroid dienone is 8. The van der Waals surface area contributed by atoms with E-state index in [1.165, 1.54) is 10.1 Å². The summed E-state index contributed by atoms with van der Waals surface area (Å²) in [5, 5.41) is 19.0. The van der Waals surface area contributed by atoms with Gasteiger partial charge in [0.25, 0.3) is 5.91 Å². The normalized spacial score (nSPS) is 21.3. The second-order valence-corrected chi connectivity index (χ2v) is 9.68. The van der Waals surface area contributed by atoms with E-state index in [2.05, 4.69) is 24.3 Å². The first kappa shape index (κ1) is 24.1. The van der Waals surface area contributed by atoms with Gasteiger partial charge in [-0.05, 0) is 55.0 Å². The Balaban J connectivity index is 1.54. The van der Waals surface area contributed by atoms with Gasteiger partial charge in [0.05, 0.1) is 30.1 Å². The molecular formula is C28H31N3O5. The van der Waals surface area contributed by atoms with Crippen molar-refractivity contribution in [2.45, 2.75) is 51.2 Å². The molecule has 1 fully saturated rings. The number of carbonyl (C=O) groups is 2. The molecule has 1 amide bonds. The van der Waals surface area contributed by atoms with Crippen LogP contribution in [0.4, 0.5) is 0 Å². The van der Waals surface area contributed by atoms with Crippen LogP contribution in [0, 0.1) is 5.92 Å². The van der Waals surface area contributed by atoms with E-state index < -0.39 is 5.97 Å². The van der Waals surface area contributed by atoms with E-state index in [-0.39, 0.29) is 43.1 Å². The number of carboxylic acids is 1. The van der Waals surface area contributed by atoms with E-state index in [4.69, 9.17) is 0 Å². The number of hydrogen-bond acceptors (Lipinski definition) is 4. The molecule has 2 N–H and O–H groups in total. The Hall–Kier alpha value is -3.65. The molecule has 0 spiro atoms. The Kier molecular flexibility index (Phi) is 6.78. The average Bonchev–Trinajstić information content (AvgIpc) is 3.16. The summed E-state index contributed by atoms with van der Waals surface area (Å²) in [5.74, 6) is -0.956. The van der Waals surface area contributed by atoms with Crippen LogP contribution < -0.4 is 5.69 Å². The van der Waals surface area contributed by atoms with Gasteiger partial charge in [-0.25, -0.2) is 4.79 Å². The van der Waals surface area contributed by atoms with Crippen molar-refractivity contribution in [3.8, 4) is 0 Å². The van der Waals surface area contributed by atoms with Crippen LogP contribution in [0.1, 0.15) is 42.5 Å². The molecule has 1 aromatic heterocycles. The van der Waals surface area contributed by atoms with Crippen LogP contribution in [0.5, 0.6) is 0 Å². The molecule has 2 aliphatic carbocycles. The third-order valence-corrected chi connectivity index (χ3v) is 7.50. The number of amides is 1. The highest BCUT2D eigenvalue weighted by atomic mass is 16.4. The summed E-state index contributed by atoms with van der Waals surface area (Å²) >= 11 is 0. The lowest BCUT2D eigenvalue weighted by Gasteiger charge is -2.34. The zero-order valence-electron chi connectivity index (χ0n) is 20.2. The number of piperidine rings is 1. The molecule has 8 nitrogen and oxygen atoms in total. The van der Waals surface area contributed by atoms with Crippen molar-refractivity contribution in [1.82, 2.24) is 14.0 Å². The molecule has 2 aromatic rings. The summed E-state index contributed by atoms with van der Waals surface area (Å²) in [5.41, 5.74) is 3.71. The maximum Gasteiger partial charge on any atom is 0.329 e. The number of rotatable bonds is 7. The van der Waals surface area contributed by atoms with Crippen LogP contribution in [0.2, 0.25) is 0 Å². The number of aliphatic hydroxyl groups is 1. The summed E-state index contributed by atoms with van der Waals surface area (Å²) in [7, 11) is 0. The molecule has 2 heterocycles. The quantitative estimate of drug-likeness (QED) is 0.621. The molecule has 3 aliphatic rings. The molecule has 1 aromatic carbocycles. The van der Waals surface area contributed by atoms with Crippen LogP contribution in [0.15, 0.2) is 70.6 Å². The molecule has 8 heteroatoms. The van der Waals surface area contributed by atoms with Crippen LogP contribution in [-0.4, -0.2) is 55.3 Å². The number of nitrogens with zero attached hydrogens (tertiary/aromatic N) is 3. The van der Waals surface area contributed by atoms with Crippen LogP contribution in [0.25, 0.3) is 11.0 Å². The Morgan fingerprint density at radius 2 is 1.92 bits per heavy atom. The Bertz CT molecular complexity index is 1370. The maximum atomic E-state index is 13.5. The highest BCUT2D eigenvalue weighted by molar-refractivity contribution is 5.97. The van der Waals surface area contributed by atoms with Gasteiger partial charge >= 0.3 is 11.7 Å². The minimum absolute atomic E-state index is 0.0224. The fourth-order valence-electron chi connectivity index (χ4n) is 5.58. The van der Waals surface area contributed by atoms with Gasteiger partial charge in [-0.1, -0.05) is 36.5 Å². The van der Waals surface area contributed by atoms with Gasteiger partial charge in [0.1, 0.15) is 0 Å². The smallest absolute Gasteiger partial charge is 0.329 e. The zero-order valence-corrected chi connectivity index (χ0v) is 20.2. The number of fused-ring (bicyclic) bond motifs is 2. The molecule has 36 heavy (non-hydrogen) atoms. The first-order chi connectivity index (χ1) is 17.5. The van der Waals surface area contributed by atoms with Crippen molar-refractivity contribution >= 4 is 22.9 Å². The molecule has 0 bridgehead atoms. The van der Waals surface area contributed by atoms with Crippen molar-refractivity contribution in [3.05, 3.63) is 81.8 Å². The number of carboxylic acid groups (broad SMARTS) is 1. The number of imidazole rings is 1. The lowest BCUT2D eigenvalue weighted by molar-refractivity contribution is -0.137. The van der Waals surface area contributed by atoms with Crippen molar-refractivity contribution in [2.75, 3.05) is 13.2 Å². The van der Waals surface area contributed by atoms with E-state index in [0.717, 1.165) is 31.3 Å². The minimum atomic E-state index is -0.988. The topological polar surface area (TPSA) is 105 Å². The van der Waals surface area contributed by atoms with Gasteiger partial charge in [-0.15, -0.1) is 0 Å². The van der Waals surface area contributed by atoms with Crippen molar-refractivity contribution in [3.63, 3.8) is 0 Å². The number of aliphatic carboxylic acids is 1. The molecular weight excluding hydrogens is 458 g/mol. The monoisotopic (exact) mass is 489 g/mol. The van der Waals surface area contributed by atoms with Gasteiger partial charge < -0.3 is 15.1 Å². The molecule has 2 atom stereocenters. The van der Waals surface area contributed by atoms with E-state index in [9.17, 15) is 24.6 Å². The largest absolute Gasteiger partial charge is 0.481 e. The standard InChI is InChI=1S/C28H31N3O5/c32-18-22-9-3-4-14-29(22)27(35)20-11-12-24-25(16-20)30(15-13-26(33)34)28(36)31(24)17-21-8-5-7-19-6-1-2-10-23(19)21/h1-2,5-8,11-12,16,22-23,32H,3-4,9-10,13-15,17-18H2,(H,33,34). The van der Waals surface area contributed by atoms with Crippen molar-refractivity contribution in [2.24, 2.45) is 5.92 Å². The SMILES string of the molecule is O=C(O)CCn1c(=O)n(CC2=CC=CC3=CC=CCC32)c2ccc(C(=O)N3CCCCC3CO)cc21. The molecule has 0 saturated carbocycles. The molecule has 188 valence electrons. The van der Waals surface area contributed by atoms with Gasteiger partial charge in [-0.2, -0.15) is 0 Å². The second kappa shape index (κ2) is 10.1. The third-order valence-electron chi connectivity index (χ3n) is 7.50. The number of carbonyl (C=O) groups excluding carboxylic acids is 1. The maximum absolute atomic E-state index is 13.5. The zero-order chi connectivity index (χ0) is 25.2. The number of aryl methyl sites for hydroxylation is 1. The van der Waals surface area contributed by atoms with Gasteiger partial charge in [-0.3, -0.25) is 18.7 Å². The lowest BCUT2D eigenvalue weighted by atomic mass is 9.82. The molecule has 2 unspecified atom stereocenters. The Morgan fingerprint density at radius 1 is 1.06 bits per heavy atom. The summed E-state index contributed by atoms with van der Waals surface area (Å²) in [6.45, 7) is 0.919. The summed E-state index contributed by atoms with van der Waals surface area (Å²) in [4.78, 5) is 39.9. The first-order valence-electron chi connectivity index (χ1n) is 12.6. The van der Waals surface area contributed by atoms with Crippen molar-refractivity contribution < 1.29 is 19.8 Å². The second-order valence-electron chi connectivity index (χ2n) is 9.68. The summed E-state index contributed by atoms with van der Waals surface area (Å²) in [6, 6.07) is 5.01. The summed E-state index contributed by atoms with van der Waals surface area (Å²) < 4.78 is 3.15. The number of aliphatic hydroxyl groups excluding tert-OH is 1. The van der Waals surface area contributed by atoms with E-state index in [1.807, 2.05) is 12.2 Å². The predicted octanol–water partition coefficient (Wildman–Crippen LogP) is 3.26. The highest BCUT2D eigenvalue weighted by Crippen LogP contribution is 2.33. The first-order valence-corrected chi connectivity index (χ1v) is 12.6. The fourth-order valence-corrected chi connectivity index (χ4v) is 5.58. The van der Waals surface area contributed by atoms with Gasteiger partial charge in [0.15, 0.2) is 0 Å². The molecule has 1 saturated heterocycles. The number of hydrogen-bond donors (Lipinski definition) is 2. The van der Waals surface area contributed by atoms with Gasteiger partial charge in [0.2, 0.25) is 0 Å². The fraction of sp³-hybridized carbons (Fsp3) is 0.393. The third kappa shape index (κ3) is 4.48. The van der Waals surface area contributed by atoms with Crippen LogP contribution >= 0.6 is 0 Å². The number of benzene rings is 1. The number of likely N-dealkylation sites (tertiary alicyclic amines) is 1. The van der Waals surface area contributed by atoms with Crippen LogP contribution in [0.3, 0.4) is 0 Å². The molecule has 1 aliphatic heterocycles. The molecule has 5 rings (SSSR count). The number of aromatic nitrogens is 2. The highest BCUT2D eigenvalue weighted by Gasteiger charge is 2.28. The average molecular weight is 490 g/mol. The minimum Gasteiger partial charge on any atom is -0.481 e. The van der Waals surface area contributed by atoms with Gasteiger partial charge in [0, 0.05) is 31.1 Å². The Labute approximate surface area is 209 Å². The molecule has 0 radical (unpaired) electrons. The predicted molar refractivity (Wildman–Crippen MR) is 137 cm³/mol. The lowest BCUT2D eigenvalue weighted by Crippen LogP contribution is -2.45. The van der Waals surface area contributed by atoms with Crippen molar-refractivity contribution in [1.29, 1.82) is 0 Å². The van der Waals surface area contributed by atoms with E-state index >= 15 is 0 Å².